The Morgan fingerprint density at radius 1 is 1.40 bits per heavy atom. The molecule has 0 atom stereocenters. The average molecular weight is 281 g/mol. The van der Waals surface area contributed by atoms with E-state index in [9.17, 15) is 19.3 Å². The highest BCUT2D eigenvalue weighted by Crippen LogP contribution is 2.22. The molecule has 0 aliphatic carbocycles. The topological polar surface area (TPSA) is 103 Å². The van der Waals surface area contributed by atoms with E-state index in [2.05, 4.69) is 0 Å². The third-order valence-corrected chi connectivity index (χ3v) is 2.37. The maximum Gasteiger partial charge on any atom is 0.433 e. The Morgan fingerprint density at radius 3 is 2.75 bits per heavy atom. The number of carboxylic acid groups (broad SMARTS) is 1. The summed E-state index contributed by atoms with van der Waals surface area (Å²) >= 11 is 0. The van der Waals surface area contributed by atoms with Gasteiger partial charge in [-0.15, -0.1) is 0 Å². The normalized spacial score (nSPS) is 10.2. The molecule has 0 unspecified atom stereocenters. The highest BCUT2D eigenvalue weighted by Gasteiger charge is 2.15. The van der Waals surface area contributed by atoms with Gasteiger partial charge in [0.25, 0.3) is 0 Å². The molecule has 1 heterocycles. The predicted octanol–water partition coefficient (Wildman–Crippen LogP) is 2.60. The van der Waals surface area contributed by atoms with Gasteiger partial charge >= 0.3 is 11.9 Å². The molecule has 0 saturated carbocycles. The second kappa shape index (κ2) is 5.39. The van der Waals surface area contributed by atoms with Gasteiger partial charge in [0.15, 0.2) is 0 Å². The fourth-order valence-corrected chi connectivity index (χ4v) is 1.48. The number of nitro groups is 1. The molecule has 0 aliphatic heterocycles. The Morgan fingerprint density at radius 2 is 2.15 bits per heavy atom. The molecule has 7 nitrogen and oxygen atoms in total. The van der Waals surface area contributed by atoms with E-state index in [1.165, 1.54) is 6.07 Å². The molecular weight excluding hydrogens is 273 g/mol. The Kier molecular flexibility index (Phi) is 3.65. The van der Waals surface area contributed by atoms with Crippen molar-refractivity contribution >= 4 is 11.9 Å². The lowest BCUT2D eigenvalue weighted by Crippen LogP contribution is -2.03. The molecule has 104 valence electrons. The van der Waals surface area contributed by atoms with Crippen molar-refractivity contribution in [3.63, 3.8) is 0 Å². The lowest BCUT2D eigenvalue weighted by atomic mass is 10.2. The largest absolute Gasteiger partial charge is 0.485 e. The number of carboxylic acids is 1. The van der Waals surface area contributed by atoms with Crippen LogP contribution in [0.5, 0.6) is 5.75 Å². The van der Waals surface area contributed by atoms with Gasteiger partial charge in [0.1, 0.15) is 34.4 Å². The summed E-state index contributed by atoms with van der Waals surface area (Å²) < 4.78 is 23.0. The molecule has 0 saturated heterocycles. The van der Waals surface area contributed by atoms with E-state index in [-0.39, 0.29) is 23.7 Å². The van der Waals surface area contributed by atoms with Crippen molar-refractivity contribution < 1.29 is 28.4 Å². The first-order valence-corrected chi connectivity index (χ1v) is 5.36. The smallest absolute Gasteiger partial charge is 0.433 e. The second-order valence-electron chi connectivity index (χ2n) is 3.73. The van der Waals surface area contributed by atoms with E-state index in [1.807, 2.05) is 0 Å². The van der Waals surface area contributed by atoms with Crippen LogP contribution in [-0.2, 0) is 6.61 Å². The molecule has 8 heteroatoms. The quantitative estimate of drug-likeness (QED) is 0.667. The summed E-state index contributed by atoms with van der Waals surface area (Å²) in [4.78, 5) is 20.6. The molecule has 0 bridgehead atoms. The van der Waals surface area contributed by atoms with Gasteiger partial charge in [-0.2, -0.15) is 0 Å². The van der Waals surface area contributed by atoms with Crippen LogP contribution in [0.15, 0.2) is 34.7 Å². The monoisotopic (exact) mass is 281 g/mol. The van der Waals surface area contributed by atoms with Gasteiger partial charge in [0, 0.05) is 6.07 Å². The average Bonchev–Trinajstić information content (AvgIpc) is 2.85. The maximum absolute atomic E-state index is 13.1. The van der Waals surface area contributed by atoms with Gasteiger partial charge < -0.3 is 14.3 Å². The molecule has 0 aliphatic rings. The van der Waals surface area contributed by atoms with E-state index in [0.29, 0.717) is 0 Å². The van der Waals surface area contributed by atoms with Crippen molar-refractivity contribution in [1.29, 1.82) is 0 Å². The van der Waals surface area contributed by atoms with Crippen molar-refractivity contribution in [3.05, 3.63) is 57.6 Å². The fraction of sp³-hybridized carbons (Fsp3) is 0.0833. The zero-order valence-electron chi connectivity index (χ0n) is 9.91. The number of furan rings is 1. The van der Waals surface area contributed by atoms with Gasteiger partial charge in [-0.3, -0.25) is 10.1 Å². The maximum atomic E-state index is 13.1. The Labute approximate surface area is 111 Å². The van der Waals surface area contributed by atoms with Crippen molar-refractivity contribution in [2.24, 2.45) is 0 Å². The van der Waals surface area contributed by atoms with Crippen molar-refractivity contribution in [1.82, 2.24) is 0 Å². The third-order valence-electron chi connectivity index (χ3n) is 2.37. The summed E-state index contributed by atoms with van der Waals surface area (Å²) in [6, 6.07) is 5.44. The number of nitrogens with zero attached hydrogens (tertiary/aromatic N) is 1. The van der Waals surface area contributed by atoms with Gasteiger partial charge in [-0.1, -0.05) is 0 Å². The number of rotatable bonds is 5. The lowest BCUT2D eigenvalue weighted by Gasteiger charge is -2.07. The van der Waals surface area contributed by atoms with Crippen molar-refractivity contribution in [2.45, 2.75) is 6.61 Å². The molecule has 1 aromatic heterocycles. The fourth-order valence-electron chi connectivity index (χ4n) is 1.48. The Hall–Kier alpha value is -2.90. The molecular formula is C12H8FNO6. The molecule has 0 spiro atoms. The van der Waals surface area contributed by atoms with Crippen LogP contribution in [0.2, 0.25) is 0 Å². The molecule has 20 heavy (non-hydrogen) atoms. The highest BCUT2D eigenvalue weighted by atomic mass is 19.1. The summed E-state index contributed by atoms with van der Waals surface area (Å²) in [6.07, 6.45) is 0. The SMILES string of the molecule is O=C(O)c1ccc(F)cc1OCc1ccc([N+](=O)[O-])o1. The number of benzene rings is 1. The van der Waals surface area contributed by atoms with Gasteiger partial charge in [0.2, 0.25) is 0 Å². The predicted molar refractivity (Wildman–Crippen MR) is 63.1 cm³/mol. The summed E-state index contributed by atoms with van der Waals surface area (Å²) in [5, 5.41) is 19.3. The summed E-state index contributed by atoms with van der Waals surface area (Å²) in [7, 11) is 0. The van der Waals surface area contributed by atoms with Crippen LogP contribution in [-0.4, -0.2) is 16.0 Å². The van der Waals surface area contributed by atoms with E-state index in [1.54, 1.807) is 0 Å². The number of halogens is 1. The van der Waals surface area contributed by atoms with E-state index < -0.39 is 22.6 Å². The zero-order valence-corrected chi connectivity index (χ0v) is 9.91. The standard InChI is InChI=1S/C12H8FNO6/c13-7-1-3-9(12(15)16)10(5-7)19-6-8-2-4-11(20-8)14(17)18/h1-5H,6H2,(H,15,16). The molecule has 2 aromatic rings. The summed E-state index contributed by atoms with van der Waals surface area (Å²) in [5.41, 5.74) is -0.215. The van der Waals surface area contributed by atoms with Gasteiger partial charge in [-0.05, 0) is 18.2 Å². The molecule has 0 radical (unpaired) electrons. The third kappa shape index (κ3) is 2.91. The first-order chi connectivity index (χ1) is 9.47. The van der Waals surface area contributed by atoms with Crippen LogP contribution in [0.1, 0.15) is 16.1 Å². The van der Waals surface area contributed by atoms with Gasteiger partial charge in [0.05, 0.1) is 6.07 Å². The summed E-state index contributed by atoms with van der Waals surface area (Å²) in [5.74, 6) is -2.45. The summed E-state index contributed by atoms with van der Waals surface area (Å²) in [6.45, 7) is -0.252. The van der Waals surface area contributed by atoms with E-state index in [4.69, 9.17) is 14.3 Å². The van der Waals surface area contributed by atoms with E-state index in [0.717, 1.165) is 24.3 Å². The van der Waals surface area contributed by atoms with Crippen molar-refractivity contribution in [2.75, 3.05) is 0 Å². The second-order valence-corrected chi connectivity index (χ2v) is 3.73. The molecule has 2 rings (SSSR count). The first kappa shape index (κ1) is 13.5. The van der Waals surface area contributed by atoms with Crippen LogP contribution in [0.25, 0.3) is 0 Å². The number of hydrogen-bond donors (Lipinski definition) is 1. The molecule has 1 N–H and O–H groups in total. The lowest BCUT2D eigenvalue weighted by molar-refractivity contribution is -0.402. The highest BCUT2D eigenvalue weighted by molar-refractivity contribution is 5.90. The van der Waals surface area contributed by atoms with Crippen molar-refractivity contribution in [3.8, 4) is 5.75 Å². The number of carbonyl (C=O) groups is 1. The zero-order chi connectivity index (χ0) is 14.7. The van der Waals surface area contributed by atoms with Crippen LogP contribution in [0, 0.1) is 15.9 Å². The number of aromatic carboxylic acids is 1. The minimum atomic E-state index is -1.27. The first-order valence-electron chi connectivity index (χ1n) is 5.36. The van der Waals surface area contributed by atoms with Crippen LogP contribution >= 0.6 is 0 Å². The Balaban J connectivity index is 2.15. The Bertz CT molecular complexity index is 666. The number of ether oxygens (including phenoxy) is 1. The van der Waals surface area contributed by atoms with Gasteiger partial charge in [-0.25, -0.2) is 9.18 Å². The van der Waals surface area contributed by atoms with Crippen LogP contribution in [0.4, 0.5) is 10.3 Å². The number of hydrogen-bond acceptors (Lipinski definition) is 5. The molecule has 1 aromatic carbocycles. The molecule has 0 amide bonds. The minimum absolute atomic E-state index is 0.123. The van der Waals surface area contributed by atoms with E-state index >= 15 is 0 Å². The van der Waals surface area contributed by atoms with Crippen LogP contribution < -0.4 is 4.74 Å². The van der Waals surface area contributed by atoms with Crippen LogP contribution in [0.3, 0.4) is 0 Å². The molecule has 0 fully saturated rings. The minimum Gasteiger partial charge on any atom is -0.485 e.